The fourth-order valence-electron chi connectivity index (χ4n) is 2.16. The molecule has 0 aliphatic rings. The third kappa shape index (κ3) is 3.03. The van der Waals surface area contributed by atoms with Crippen molar-refractivity contribution in [3.8, 4) is 11.3 Å². The van der Waals surface area contributed by atoms with E-state index in [1.807, 2.05) is 24.6 Å². The minimum Gasteiger partial charge on any atom is -0.368 e. The molecule has 1 atom stereocenters. The molecule has 0 amide bonds. The molecule has 21 heavy (non-hydrogen) atoms. The van der Waals surface area contributed by atoms with Crippen LogP contribution in [0.25, 0.3) is 21.5 Å². The molecule has 0 saturated heterocycles. The Hall–Kier alpha value is -2.01. The highest BCUT2D eigenvalue weighted by molar-refractivity contribution is 7.16. The number of benzene rings is 1. The van der Waals surface area contributed by atoms with Gasteiger partial charge in [0.15, 0.2) is 0 Å². The molecule has 1 N–H and O–H groups in total. The fraction of sp³-hybridized carbons (Fsp3) is 0.312. The Balaban J connectivity index is 2.00. The van der Waals surface area contributed by atoms with Crippen molar-refractivity contribution >= 4 is 27.4 Å². The van der Waals surface area contributed by atoms with E-state index < -0.39 is 0 Å². The van der Waals surface area contributed by atoms with Crippen LogP contribution in [0.5, 0.6) is 0 Å². The summed E-state index contributed by atoms with van der Waals surface area (Å²) in [4.78, 5) is 13.3. The van der Waals surface area contributed by atoms with Crippen molar-refractivity contribution < 1.29 is 0 Å². The Morgan fingerprint density at radius 1 is 1.24 bits per heavy atom. The number of hydrogen-bond acceptors (Lipinski definition) is 5. The highest BCUT2D eigenvalue weighted by atomic mass is 32.1. The average Bonchev–Trinajstić information content (AvgIpc) is 2.93. The Labute approximate surface area is 128 Å². The van der Waals surface area contributed by atoms with E-state index in [1.165, 1.54) is 4.70 Å². The zero-order valence-electron chi connectivity index (χ0n) is 12.4. The third-order valence-electron chi connectivity index (χ3n) is 3.47. The lowest BCUT2D eigenvalue weighted by Gasteiger charge is -2.13. The van der Waals surface area contributed by atoms with Gasteiger partial charge in [-0.25, -0.2) is 15.0 Å². The number of nitrogens with one attached hydrogen (secondary N) is 1. The van der Waals surface area contributed by atoms with Gasteiger partial charge in [-0.3, -0.25) is 0 Å². The molecule has 2 aromatic heterocycles. The van der Waals surface area contributed by atoms with Crippen molar-refractivity contribution in [1.82, 2.24) is 15.0 Å². The molecule has 0 saturated carbocycles. The molecule has 3 rings (SSSR count). The predicted octanol–water partition coefficient (Wildman–Crippen LogP) is 4.27. The first-order valence-electron chi connectivity index (χ1n) is 7.11. The van der Waals surface area contributed by atoms with Gasteiger partial charge < -0.3 is 5.32 Å². The number of hydrogen-bond donors (Lipinski definition) is 1. The van der Waals surface area contributed by atoms with Gasteiger partial charge >= 0.3 is 0 Å². The number of thiazole rings is 1. The number of fused-ring (bicyclic) bond motifs is 1. The van der Waals surface area contributed by atoms with Crippen molar-refractivity contribution in [2.75, 3.05) is 5.32 Å². The second-order valence-corrected chi connectivity index (χ2v) is 6.06. The van der Waals surface area contributed by atoms with Gasteiger partial charge in [-0.1, -0.05) is 13.0 Å². The van der Waals surface area contributed by atoms with Crippen LogP contribution in [0, 0.1) is 6.92 Å². The summed E-state index contributed by atoms with van der Waals surface area (Å²) in [6.07, 6.45) is 1.06. The van der Waals surface area contributed by atoms with Crippen molar-refractivity contribution in [3.63, 3.8) is 0 Å². The molecule has 4 nitrogen and oxygen atoms in total. The van der Waals surface area contributed by atoms with Crippen LogP contribution in [-0.4, -0.2) is 21.0 Å². The molecule has 1 unspecified atom stereocenters. The Morgan fingerprint density at radius 3 is 2.90 bits per heavy atom. The van der Waals surface area contributed by atoms with E-state index in [0.29, 0.717) is 6.04 Å². The van der Waals surface area contributed by atoms with E-state index in [1.54, 1.807) is 11.3 Å². The molecule has 2 heterocycles. The van der Waals surface area contributed by atoms with Crippen LogP contribution >= 0.6 is 11.3 Å². The minimum atomic E-state index is 0.399. The first-order chi connectivity index (χ1) is 10.2. The zero-order chi connectivity index (χ0) is 14.8. The summed E-state index contributed by atoms with van der Waals surface area (Å²) in [5, 5.41) is 3.41. The van der Waals surface area contributed by atoms with Gasteiger partial charge in [0.2, 0.25) is 0 Å². The normalized spacial score (nSPS) is 12.5. The summed E-state index contributed by atoms with van der Waals surface area (Å²) in [6, 6.07) is 8.66. The van der Waals surface area contributed by atoms with Gasteiger partial charge in [-0.05, 0) is 32.4 Å². The minimum absolute atomic E-state index is 0.399. The van der Waals surface area contributed by atoms with Crippen LogP contribution in [0.1, 0.15) is 26.1 Å². The molecule has 0 aliphatic heterocycles. The first kappa shape index (κ1) is 13.9. The summed E-state index contributed by atoms with van der Waals surface area (Å²) in [5.74, 6) is 1.67. The Morgan fingerprint density at radius 2 is 2.10 bits per heavy atom. The smallest absolute Gasteiger partial charge is 0.130 e. The highest BCUT2D eigenvalue weighted by Crippen LogP contribution is 2.26. The molecule has 0 spiro atoms. The molecule has 1 aromatic carbocycles. The number of rotatable bonds is 4. The lowest BCUT2D eigenvalue weighted by atomic mass is 10.1. The van der Waals surface area contributed by atoms with Crippen molar-refractivity contribution in [2.24, 2.45) is 0 Å². The summed E-state index contributed by atoms with van der Waals surface area (Å²) in [7, 11) is 0. The number of aryl methyl sites for hydroxylation is 1. The van der Waals surface area contributed by atoms with Crippen molar-refractivity contribution in [3.05, 3.63) is 35.6 Å². The predicted molar refractivity (Wildman–Crippen MR) is 88.8 cm³/mol. The molecule has 0 fully saturated rings. The molecule has 108 valence electrons. The molecule has 0 aliphatic carbocycles. The SMILES string of the molecule is CCC(C)Nc1cc(-c2ccc3ncsc3c2)nc(C)n1. The second kappa shape index (κ2) is 5.77. The zero-order valence-corrected chi connectivity index (χ0v) is 13.2. The quantitative estimate of drug-likeness (QED) is 0.781. The maximum absolute atomic E-state index is 4.56. The standard InChI is InChI=1S/C16H18N4S/c1-4-10(2)18-16-8-14(19-11(3)20-16)12-5-6-13-15(7-12)21-9-17-13/h5-10H,4H2,1-3H3,(H,18,19,20). The van der Waals surface area contributed by atoms with Crippen molar-refractivity contribution in [2.45, 2.75) is 33.2 Å². The molecule has 3 aromatic rings. The van der Waals surface area contributed by atoms with Gasteiger partial charge in [0.25, 0.3) is 0 Å². The topological polar surface area (TPSA) is 50.7 Å². The van der Waals surface area contributed by atoms with E-state index in [0.717, 1.165) is 34.8 Å². The highest BCUT2D eigenvalue weighted by Gasteiger charge is 2.08. The van der Waals surface area contributed by atoms with Crippen LogP contribution in [0.2, 0.25) is 0 Å². The van der Waals surface area contributed by atoms with Gasteiger partial charge in [-0.2, -0.15) is 0 Å². The van der Waals surface area contributed by atoms with E-state index in [2.05, 4.69) is 46.2 Å². The maximum Gasteiger partial charge on any atom is 0.130 e. The van der Waals surface area contributed by atoms with E-state index in [4.69, 9.17) is 0 Å². The number of nitrogens with zero attached hydrogens (tertiary/aromatic N) is 3. The summed E-state index contributed by atoms with van der Waals surface area (Å²) >= 11 is 1.65. The van der Waals surface area contributed by atoms with Crippen LogP contribution in [0.15, 0.2) is 29.8 Å². The van der Waals surface area contributed by atoms with E-state index in [9.17, 15) is 0 Å². The maximum atomic E-state index is 4.56. The summed E-state index contributed by atoms with van der Waals surface area (Å²) < 4.78 is 1.18. The van der Waals surface area contributed by atoms with Crippen LogP contribution in [-0.2, 0) is 0 Å². The van der Waals surface area contributed by atoms with E-state index in [-0.39, 0.29) is 0 Å². The third-order valence-corrected chi connectivity index (χ3v) is 4.26. The molecule has 0 radical (unpaired) electrons. The van der Waals surface area contributed by atoms with Crippen LogP contribution in [0.3, 0.4) is 0 Å². The monoisotopic (exact) mass is 298 g/mol. The van der Waals surface area contributed by atoms with Gasteiger partial charge in [-0.15, -0.1) is 11.3 Å². The summed E-state index contributed by atoms with van der Waals surface area (Å²) in [5.41, 5.74) is 4.95. The van der Waals surface area contributed by atoms with Gasteiger partial charge in [0.1, 0.15) is 11.6 Å². The Kier molecular flexibility index (Phi) is 3.84. The lowest BCUT2D eigenvalue weighted by molar-refractivity contribution is 0.757. The summed E-state index contributed by atoms with van der Waals surface area (Å²) in [6.45, 7) is 6.24. The molecular formula is C16H18N4S. The Bertz CT molecular complexity index is 766. The first-order valence-corrected chi connectivity index (χ1v) is 7.99. The lowest BCUT2D eigenvalue weighted by Crippen LogP contribution is -2.15. The van der Waals surface area contributed by atoms with E-state index >= 15 is 0 Å². The fourth-order valence-corrected chi connectivity index (χ4v) is 2.87. The number of anilines is 1. The average molecular weight is 298 g/mol. The molecular weight excluding hydrogens is 280 g/mol. The number of aromatic nitrogens is 3. The van der Waals surface area contributed by atoms with Crippen molar-refractivity contribution in [1.29, 1.82) is 0 Å². The van der Waals surface area contributed by atoms with Gasteiger partial charge in [0.05, 0.1) is 21.4 Å². The van der Waals surface area contributed by atoms with Crippen LogP contribution in [0.4, 0.5) is 5.82 Å². The second-order valence-electron chi connectivity index (χ2n) is 5.17. The van der Waals surface area contributed by atoms with Gasteiger partial charge in [0, 0.05) is 17.7 Å². The van der Waals surface area contributed by atoms with Crippen LogP contribution < -0.4 is 5.32 Å². The molecule has 5 heteroatoms. The largest absolute Gasteiger partial charge is 0.368 e. The molecule has 0 bridgehead atoms.